The lowest BCUT2D eigenvalue weighted by atomic mass is 9.81. The molecule has 4 nitrogen and oxygen atoms in total. The predicted octanol–water partition coefficient (Wildman–Crippen LogP) is 7.48. The summed E-state index contributed by atoms with van der Waals surface area (Å²) in [5, 5.41) is 10.5. The molecule has 4 rings (SSSR count). The summed E-state index contributed by atoms with van der Waals surface area (Å²) in [6.07, 6.45) is 1.90. The average Bonchev–Trinajstić information content (AvgIpc) is 3.31. The van der Waals surface area contributed by atoms with Crippen molar-refractivity contribution >= 4 is 23.4 Å². The smallest absolute Gasteiger partial charge is 0.172 e. The predicted molar refractivity (Wildman–Crippen MR) is 143 cm³/mol. The van der Waals surface area contributed by atoms with Crippen molar-refractivity contribution in [2.45, 2.75) is 37.9 Å². The average molecular weight is 520 g/mol. The van der Waals surface area contributed by atoms with Gasteiger partial charge in [-0.05, 0) is 66.1 Å². The molecule has 1 aromatic heterocycles. The largest absolute Gasteiger partial charge is 0.376 e. The van der Waals surface area contributed by atoms with E-state index < -0.39 is 0 Å². The zero-order valence-corrected chi connectivity index (χ0v) is 22.0. The van der Waals surface area contributed by atoms with Gasteiger partial charge in [0, 0.05) is 21.9 Å². The number of hydrogen-bond donors (Lipinski definition) is 0. The number of imidazole rings is 1. The molecule has 0 saturated heterocycles. The van der Waals surface area contributed by atoms with E-state index >= 15 is 0 Å². The summed E-state index contributed by atoms with van der Waals surface area (Å²) >= 11 is 7.87. The van der Waals surface area contributed by atoms with Crippen molar-refractivity contribution < 1.29 is 9.13 Å². The Morgan fingerprint density at radius 1 is 1.08 bits per heavy atom. The highest BCUT2D eigenvalue weighted by Gasteiger charge is 2.29. The van der Waals surface area contributed by atoms with Gasteiger partial charge < -0.3 is 4.74 Å². The van der Waals surface area contributed by atoms with Crippen LogP contribution in [0.4, 0.5) is 4.39 Å². The lowest BCUT2D eigenvalue weighted by Crippen LogP contribution is -2.23. The minimum absolute atomic E-state index is 0.279. The summed E-state index contributed by atoms with van der Waals surface area (Å²) < 4.78 is 21.6. The van der Waals surface area contributed by atoms with E-state index in [0.717, 1.165) is 38.3 Å². The van der Waals surface area contributed by atoms with Crippen molar-refractivity contribution in [3.05, 3.63) is 112 Å². The quantitative estimate of drug-likeness (QED) is 0.170. The lowest BCUT2D eigenvalue weighted by Gasteiger charge is -2.28. The second-order valence-electron chi connectivity index (χ2n) is 9.04. The van der Waals surface area contributed by atoms with Gasteiger partial charge in [0.1, 0.15) is 5.82 Å². The van der Waals surface area contributed by atoms with Crippen molar-refractivity contribution in [3.63, 3.8) is 0 Å². The highest BCUT2D eigenvalue weighted by Crippen LogP contribution is 2.37. The number of aryl methyl sites for hydroxylation is 1. The molecule has 0 bridgehead atoms. The van der Waals surface area contributed by atoms with Crippen molar-refractivity contribution in [2.24, 2.45) is 0 Å². The summed E-state index contributed by atoms with van der Waals surface area (Å²) in [4.78, 5) is 4.74. The van der Waals surface area contributed by atoms with Crippen LogP contribution in [0, 0.1) is 24.1 Å². The maximum Gasteiger partial charge on any atom is 0.172 e. The number of ether oxygens (including phenoxy) is 1. The molecule has 0 unspecified atom stereocenters. The Morgan fingerprint density at radius 3 is 2.47 bits per heavy atom. The van der Waals surface area contributed by atoms with Crippen molar-refractivity contribution in [3.8, 4) is 11.8 Å². The highest BCUT2D eigenvalue weighted by molar-refractivity contribution is 7.99. The maximum atomic E-state index is 13.7. The number of aromatic nitrogens is 2. The molecule has 3 aromatic carbocycles. The van der Waals surface area contributed by atoms with Crippen LogP contribution in [0.5, 0.6) is 0 Å². The number of rotatable bonds is 9. The molecule has 184 valence electrons. The van der Waals surface area contributed by atoms with E-state index in [4.69, 9.17) is 26.6 Å². The minimum Gasteiger partial charge on any atom is -0.376 e. The van der Waals surface area contributed by atoms with Crippen LogP contribution < -0.4 is 0 Å². The van der Waals surface area contributed by atoms with Gasteiger partial charge in [-0.25, -0.2) is 9.37 Å². The molecular formula is C29H27ClFN3OS. The Kier molecular flexibility index (Phi) is 8.15. The molecule has 0 aliphatic rings. The van der Waals surface area contributed by atoms with Crippen molar-refractivity contribution in [1.82, 2.24) is 9.55 Å². The molecule has 0 spiro atoms. The van der Waals surface area contributed by atoms with E-state index in [1.807, 2.05) is 37.4 Å². The topological polar surface area (TPSA) is 50.8 Å². The van der Waals surface area contributed by atoms with Crippen LogP contribution in [-0.4, -0.2) is 21.9 Å². The number of nitriles is 1. The molecule has 0 aliphatic carbocycles. The molecule has 4 aromatic rings. The maximum absolute atomic E-state index is 13.7. The first-order valence-corrected chi connectivity index (χ1v) is 13.0. The Bertz CT molecular complexity index is 1380. The van der Waals surface area contributed by atoms with E-state index in [0.29, 0.717) is 24.5 Å². The zero-order chi connectivity index (χ0) is 25.7. The van der Waals surface area contributed by atoms with Gasteiger partial charge in [0.25, 0.3) is 0 Å². The molecular weight excluding hydrogens is 493 g/mol. The third-order valence-corrected chi connectivity index (χ3v) is 7.49. The summed E-state index contributed by atoms with van der Waals surface area (Å²) in [6, 6.07) is 22.1. The molecule has 36 heavy (non-hydrogen) atoms. The van der Waals surface area contributed by atoms with Crippen LogP contribution in [0.3, 0.4) is 0 Å². The van der Waals surface area contributed by atoms with Gasteiger partial charge in [-0.3, -0.25) is 4.57 Å². The van der Waals surface area contributed by atoms with Crippen molar-refractivity contribution in [1.29, 1.82) is 5.26 Å². The Morgan fingerprint density at radius 2 is 1.81 bits per heavy atom. The Balaban J connectivity index is 1.54. The molecule has 0 amide bonds. The summed E-state index contributed by atoms with van der Waals surface area (Å²) in [7, 11) is 0. The van der Waals surface area contributed by atoms with Crippen LogP contribution in [0.1, 0.15) is 41.8 Å². The highest BCUT2D eigenvalue weighted by atomic mass is 35.5. The fraction of sp³-hybridized carbons (Fsp3) is 0.241. The van der Waals surface area contributed by atoms with Crippen LogP contribution >= 0.6 is 23.4 Å². The number of nitrogens with zero attached hydrogens (tertiary/aromatic N) is 3. The summed E-state index contributed by atoms with van der Waals surface area (Å²) in [6.45, 7) is 7.32. The van der Waals surface area contributed by atoms with Gasteiger partial charge in [-0.2, -0.15) is 5.26 Å². The standard InChI is InChI=1S/C29H27ClFN3OS/c1-20-16-23(8-13-26(20)30)29(2,3)27-18-33-28(34(27)25-11-9-24(31)10-12-25)36-15-14-35-19-22-6-4-21(17-32)5-7-22/h4-13,16,18H,14-15,19H2,1-3H3. The molecule has 7 heteroatoms. The molecule has 1 heterocycles. The first-order chi connectivity index (χ1) is 17.3. The van der Waals surface area contributed by atoms with Gasteiger partial charge in [-0.1, -0.05) is 61.5 Å². The number of thioether (sulfide) groups is 1. The third kappa shape index (κ3) is 5.82. The van der Waals surface area contributed by atoms with Gasteiger partial charge >= 0.3 is 0 Å². The first kappa shape index (κ1) is 26.0. The van der Waals surface area contributed by atoms with E-state index in [9.17, 15) is 4.39 Å². The monoisotopic (exact) mass is 519 g/mol. The van der Waals surface area contributed by atoms with E-state index in [1.54, 1.807) is 36.0 Å². The lowest BCUT2D eigenvalue weighted by molar-refractivity contribution is 0.136. The van der Waals surface area contributed by atoms with E-state index in [-0.39, 0.29) is 11.2 Å². The van der Waals surface area contributed by atoms with Gasteiger partial charge in [-0.15, -0.1) is 0 Å². The van der Waals surface area contributed by atoms with Gasteiger partial charge in [0.2, 0.25) is 0 Å². The fourth-order valence-electron chi connectivity index (χ4n) is 3.96. The van der Waals surface area contributed by atoms with Crippen LogP contribution in [0.25, 0.3) is 5.69 Å². The molecule has 0 fully saturated rings. The SMILES string of the molecule is Cc1cc(C(C)(C)c2cnc(SCCOCc3ccc(C#N)cc3)n2-c2ccc(F)cc2)ccc1Cl. The molecule has 0 saturated carbocycles. The fourth-order valence-corrected chi connectivity index (χ4v) is 4.92. The molecule has 0 N–H and O–H groups in total. The molecule has 0 aliphatic heterocycles. The minimum atomic E-state index is -0.373. The van der Waals surface area contributed by atoms with Gasteiger partial charge in [0.15, 0.2) is 5.16 Å². The Labute approximate surface area is 220 Å². The van der Waals surface area contributed by atoms with Crippen molar-refractivity contribution in [2.75, 3.05) is 12.4 Å². The molecule has 0 radical (unpaired) electrons. The third-order valence-electron chi connectivity index (χ3n) is 6.14. The summed E-state index contributed by atoms with van der Waals surface area (Å²) in [5.74, 6) is 0.424. The first-order valence-electron chi connectivity index (χ1n) is 11.6. The van der Waals surface area contributed by atoms with E-state index in [1.165, 1.54) is 12.1 Å². The number of hydrogen-bond acceptors (Lipinski definition) is 4. The van der Waals surface area contributed by atoms with Crippen LogP contribution in [0.15, 0.2) is 78.1 Å². The molecule has 0 atom stereocenters. The normalized spacial score (nSPS) is 11.4. The van der Waals surface area contributed by atoms with E-state index in [2.05, 4.69) is 30.6 Å². The number of benzene rings is 3. The second-order valence-corrected chi connectivity index (χ2v) is 10.5. The number of halogens is 2. The second kappa shape index (κ2) is 11.3. The van der Waals surface area contributed by atoms with Crippen LogP contribution in [0.2, 0.25) is 5.02 Å². The van der Waals surface area contributed by atoms with Crippen LogP contribution in [-0.2, 0) is 16.8 Å². The zero-order valence-electron chi connectivity index (χ0n) is 20.5. The Hall–Kier alpha value is -3.11. The summed E-state index contributed by atoms with van der Waals surface area (Å²) in [5.41, 5.74) is 5.27. The van der Waals surface area contributed by atoms with Gasteiger partial charge in [0.05, 0.1) is 36.7 Å².